The number of benzene rings is 1. The van der Waals surface area contributed by atoms with Crippen molar-refractivity contribution < 1.29 is 36.6 Å². The second kappa shape index (κ2) is 9.67. The minimum Gasteiger partial charge on any atom is -0.494 e. The molecule has 2 rings (SSSR count). The number of carbonyl (C=O) groups excluding carboxylic acids is 2. The van der Waals surface area contributed by atoms with E-state index in [1.807, 2.05) is 6.92 Å². The average molecular weight is 422 g/mol. The second-order valence-corrected chi connectivity index (χ2v) is 6.74. The molecule has 0 aliphatic carbocycles. The van der Waals surface area contributed by atoms with Crippen LogP contribution >= 0.6 is 11.3 Å². The molecule has 0 aliphatic heterocycles. The van der Waals surface area contributed by atoms with Crippen LogP contribution in [0.25, 0.3) is 10.2 Å². The van der Waals surface area contributed by atoms with Crippen LogP contribution in [-0.4, -0.2) is 42.4 Å². The maximum absolute atomic E-state index is 12.7. The lowest BCUT2D eigenvalue weighted by Gasteiger charge is -2.14. The Morgan fingerprint density at radius 3 is 2.71 bits per heavy atom. The number of thiazole rings is 1. The summed E-state index contributed by atoms with van der Waals surface area (Å²) in [5.74, 6) is -5.19. The van der Waals surface area contributed by atoms with E-state index in [9.17, 15) is 27.2 Å². The third-order valence-electron chi connectivity index (χ3n) is 3.45. The molecule has 6 nitrogen and oxygen atoms in total. The van der Waals surface area contributed by atoms with E-state index in [2.05, 4.69) is 15.0 Å². The Morgan fingerprint density at radius 2 is 2.04 bits per heavy atom. The summed E-state index contributed by atoms with van der Waals surface area (Å²) in [5, 5.41) is 2.95. The number of aromatic nitrogens is 1. The zero-order chi connectivity index (χ0) is 20.7. The highest BCUT2D eigenvalue weighted by Crippen LogP contribution is 2.29. The molecule has 0 bridgehead atoms. The summed E-state index contributed by atoms with van der Waals surface area (Å²) in [5.41, 5.74) is 0.687. The van der Waals surface area contributed by atoms with E-state index in [4.69, 9.17) is 4.74 Å². The van der Waals surface area contributed by atoms with Gasteiger partial charge in [0.05, 0.1) is 16.8 Å². The summed E-state index contributed by atoms with van der Waals surface area (Å²) in [6.07, 6.45) is -4.32. The Hall–Kier alpha value is -2.43. The van der Waals surface area contributed by atoms with Crippen LogP contribution in [0.5, 0.6) is 5.75 Å². The van der Waals surface area contributed by atoms with Crippen molar-refractivity contribution in [3.63, 3.8) is 0 Å². The molecule has 2 aromatic rings. The quantitative estimate of drug-likeness (QED) is 0.458. The van der Waals surface area contributed by atoms with E-state index in [1.54, 1.807) is 18.2 Å². The molecule has 1 aromatic heterocycles. The zero-order valence-corrected chi connectivity index (χ0v) is 15.7. The van der Waals surface area contributed by atoms with Crippen LogP contribution in [0.2, 0.25) is 0 Å². The molecule has 0 unspecified atom stereocenters. The van der Waals surface area contributed by atoms with Crippen LogP contribution in [0, 0.1) is 0 Å². The highest BCUT2D eigenvalue weighted by atomic mass is 32.1. The van der Waals surface area contributed by atoms with E-state index in [1.165, 1.54) is 11.3 Å². The zero-order valence-electron chi connectivity index (χ0n) is 14.8. The monoisotopic (exact) mass is 422 g/mol. The predicted octanol–water partition coefficient (Wildman–Crippen LogP) is 4.25. The molecule has 1 aromatic carbocycles. The highest BCUT2D eigenvalue weighted by molar-refractivity contribution is 7.22. The molecule has 1 N–H and O–H groups in total. The summed E-state index contributed by atoms with van der Waals surface area (Å²) in [6.45, 7) is 0.698. The van der Waals surface area contributed by atoms with Gasteiger partial charge in [0.25, 0.3) is 0 Å². The van der Waals surface area contributed by atoms with Crippen molar-refractivity contribution >= 4 is 38.6 Å². The summed E-state index contributed by atoms with van der Waals surface area (Å²) in [6, 6.07) is 5.33. The number of rotatable bonds is 10. The first kappa shape index (κ1) is 21.9. The summed E-state index contributed by atoms with van der Waals surface area (Å²) in [4.78, 5) is 27.5. The minimum absolute atomic E-state index is 0.0182. The SMILES string of the molecule is CCOc1ccc2nc(NC(=O)CCCC(=O)OCC(F)(F)C(F)F)sc2c1. The first-order valence-electron chi connectivity index (χ1n) is 8.36. The molecular weight excluding hydrogens is 404 g/mol. The summed E-state index contributed by atoms with van der Waals surface area (Å²) in [7, 11) is 0. The molecule has 0 aliphatic rings. The number of nitrogens with zero attached hydrogens (tertiary/aromatic N) is 1. The van der Waals surface area contributed by atoms with Gasteiger partial charge in [-0.05, 0) is 31.5 Å². The molecule has 0 saturated carbocycles. The fraction of sp³-hybridized carbons (Fsp3) is 0.471. The number of fused-ring (bicyclic) bond motifs is 1. The highest BCUT2D eigenvalue weighted by Gasteiger charge is 2.42. The van der Waals surface area contributed by atoms with Crippen molar-refractivity contribution in [2.24, 2.45) is 0 Å². The molecule has 0 radical (unpaired) electrons. The van der Waals surface area contributed by atoms with Crippen LogP contribution in [0.1, 0.15) is 26.2 Å². The smallest absolute Gasteiger partial charge is 0.340 e. The number of alkyl halides is 4. The number of amides is 1. The fourth-order valence-electron chi connectivity index (χ4n) is 2.10. The molecule has 28 heavy (non-hydrogen) atoms. The van der Waals surface area contributed by atoms with Gasteiger partial charge < -0.3 is 14.8 Å². The number of esters is 1. The molecule has 0 saturated heterocycles. The molecule has 11 heteroatoms. The number of nitrogens with one attached hydrogen (secondary N) is 1. The van der Waals surface area contributed by atoms with E-state index < -0.39 is 30.8 Å². The Labute approximate surface area is 161 Å². The van der Waals surface area contributed by atoms with E-state index in [0.717, 1.165) is 4.70 Å². The first-order valence-corrected chi connectivity index (χ1v) is 9.17. The molecule has 1 heterocycles. The van der Waals surface area contributed by atoms with Gasteiger partial charge in [0.15, 0.2) is 11.7 Å². The number of anilines is 1. The molecule has 0 fully saturated rings. The van der Waals surface area contributed by atoms with Gasteiger partial charge in [-0.2, -0.15) is 8.78 Å². The maximum Gasteiger partial charge on any atom is 0.340 e. The van der Waals surface area contributed by atoms with E-state index in [-0.39, 0.29) is 19.3 Å². The second-order valence-electron chi connectivity index (χ2n) is 5.71. The van der Waals surface area contributed by atoms with Gasteiger partial charge in [-0.3, -0.25) is 9.59 Å². The van der Waals surface area contributed by atoms with Gasteiger partial charge in [0, 0.05) is 12.8 Å². The van der Waals surface area contributed by atoms with Crippen LogP contribution in [0.15, 0.2) is 18.2 Å². The lowest BCUT2D eigenvalue weighted by molar-refractivity contribution is -0.179. The number of hydrogen-bond acceptors (Lipinski definition) is 6. The lowest BCUT2D eigenvalue weighted by atomic mass is 10.2. The Kier molecular flexibility index (Phi) is 7.55. The number of halogens is 4. The molecule has 1 amide bonds. The van der Waals surface area contributed by atoms with Crippen molar-refractivity contribution in [2.75, 3.05) is 18.5 Å². The van der Waals surface area contributed by atoms with Gasteiger partial charge >= 0.3 is 18.3 Å². The lowest BCUT2D eigenvalue weighted by Crippen LogP contribution is -2.33. The standard InChI is InChI=1S/C17H18F4N2O4S/c1-2-26-10-6-7-11-12(8-10)28-16(22-11)23-13(24)4-3-5-14(25)27-9-17(20,21)15(18)19/h6-8,15H,2-5,9H2,1H3,(H,22,23,24). The Bertz CT molecular complexity index is 829. The molecule has 0 atom stereocenters. The van der Waals surface area contributed by atoms with Crippen molar-refractivity contribution in [1.29, 1.82) is 0 Å². The van der Waals surface area contributed by atoms with Gasteiger partial charge in [-0.25, -0.2) is 13.8 Å². The van der Waals surface area contributed by atoms with Crippen molar-refractivity contribution in [3.8, 4) is 5.75 Å². The van der Waals surface area contributed by atoms with Crippen LogP contribution < -0.4 is 10.1 Å². The summed E-state index contributed by atoms with van der Waals surface area (Å²) < 4.78 is 59.6. The van der Waals surface area contributed by atoms with Gasteiger partial charge in [0.1, 0.15) is 5.75 Å². The van der Waals surface area contributed by atoms with Crippen LogP contribution in [0.3, 0.4) is 0 Å². The predicted molar refractivity (Wildman–Crippen MR) is 95.2 cm³/mol. The Morgan fingerprint density at radius 1 is 1.29 bits per heavy atom. The molecule has 154 valence electrons. The van der Waals surface area contributed by atoms with Crippen molar-refractivity contribution in [2.45, 2.75) is 38.5 Å². The third-order valence-corrected chi connectivity index (χ3v) is 4.38. The average Bonchev–Trinajstić information content (AvgIpc) is 3.01. The Balaban J connectivity index is 1.76. The van der Waals surface area contributed by atoms with Gasteiger partial charge in [-0.1, -0.05) is 11.3 Å². The van der Waals surface area contributed by atoms with E-state index >= 15 is 0 Å². The largest absolute Gasteiger partial charge is 0.494 e. The third kappa shape index (κ3) is 6.32. The topological polar surface area (TPSA) is 77.5 Å². The van der Waals surface area contributed by atoms with Crippen molar-refractivity contribution in [3.05, 3.63) is 18.2 Å². The van der Waals surface area contributed by atoms with Gasteiger partial charge in [-0.15, -0.1) is 0 Å². The summed E-state index contributed by atoms with van der Waals surface area (Å²) >= 11 is 1.25. The number of hydrogen-bond donors (Lipinski definition) is 1. The van der Waals surface area contributed by atoms with Gasteiger partial charge in [0.2, 0.25) is 5.91 Å². The first-order chi connectivity index (χ1) is 13.2. The van der Waals surface area contributed by atoms with Crippen LogP contribution in [-0.2, 0) is 14.3 Å². The van der Waals surface area contributed by atoms with Crippen LogP contribution in [0.4, 0.5) is 22.7 Å². The number of carbonyl (C=O) groups is 2. The fourth-order valence-corrected chi connectivity index (χ4v) is 3.01. The number of ether oxygens (including phenoxy) is 2. The molecule has 0 spiro atoms. The minimum atomic E-state index is -4.39. The molecular formula is C17H18F4N2O4S. The maximum atomic E-state index is 12.7. The van der Waals surface area contributed by atoms with Crippen molar-refractivity contribution in [1.82, 2.24) is 4.98 Å². The normalized spacial score (nSPS) is 11.6. The van der Waals surface area contributed by atoms with E-state index in [0.29, 0.717) is 23.0 Å².